The SMILES string of the molecule is COc1ccc(NCCCn2ccnc2)c(C)c1. The van der Waals surface area contributed by atoms with E-state index in [0.29, 0.717) is 0 Å². The van der Waals surface area contributed by atoms with Crippen molar-refractivity contribution >= 4 is 5.69 Å². The molecule has 1 N–H and O–H groups in total. The lowest BCUT2D eigenvalue weighted by molar-refractivity contribution is 0.414. The number of hydrogen-bond acceptors (Lipinski definition) is 3. The van der Waals surface area contributed by atoms with Crippen molar-refractivity contribution in [2.45, 2.75) is 19.9 Å². The maximum atomic E-state index is 5.19. The van der Waals surface area contributed by atoms with Gasteiger partial charge in [0.05, 0.1) is 13.4 Å². The van der Waals surface area contributed by atoms with Gasteiger partial charge in [0, 0.05) is 31.2 Å². The number of aryl methyl sites for hydroxylation is 2. The fourth-order valence-electron chi connectivity index (χ4n) is 1.87. The Morgan fingerprint density at radius 1 is 1.39 bits per heavy atom. The number of methoxy groups -OCH3 is 1. The smallest absolute Gasteiger partial charge is 0.119 e. The van der Waals surface area contributed by atoms with Gasteiger partial charge in [0.1, 0.15) is 5.75 Å². The van der Waals surface area contributed by atoms with Crippen LogP contribution in [0.4, 0.5) is 5.69 Å². The Bertz CT molecular complexity index is 480. The van der Waals surface area contributed by atoms with Gasteiger partial charge in [-0.1, -0.05) is 0 Å². The van der Waals surface area contributed by atoms with Crippen LogP contribution in [0, 0.1) is 6.92 Å². The van der Waals surface area contributed by atoms with Gasteiger partial charge < -0.3 is 14.6 Å². The third-order valence-electron chi connectivity index (χ3n) is 2.90. The van der Waals surface area contributed by atoms with Crippen molar-refractivity contribution < 1.29 is 4.74 Å². The van der Waals surface area contributed by atoms with Gasteiger partial charge in [-0.15, -0.1) is 0 Å². The number of hydrogen-bond donors (Lipinski definition) is 1. The van der Waals surface area contributed by atoms with Crippen LogP contribution < -0.4 is 10.1 Å². The van der Waals surface area contributed by atoms with Gasteiger partial charge in [0.15, 0.2) is 0 Å². The van der Waals surface area contributed by atoms with E-state index in [1.807, 2.05) is 24.7 Å². The van der Waals surface area contributed by atoms with Crippen LogP contribution in [0.5, 0.6) is 5.75 Å². The van der Waals surface area contributed by atoms with Crippen molar-refractivity contribution in [1.29, 1.82) is 0 Å². The van der Waals surface area contributed by atoms with E-state index in [0.717, 1.165) is 25.3 Å². The van der Waals surface area contributed by atoms with Gasteiger partial charge in [-0.3, -0.25) is 0 Å². The number of nitrogens with zero attached hydrogens (tertiary/aromatic N) is 2. The normalized spacial score (nSPS) is 10.3. The average Bonchev–Trinajstić information content (AvgIpc) is 2.89. The molecule has 1 aromatic heterocycles. The third kappa shape index (κ3) is 3.26. The highest BCUT2D eigenvalue weighted by atomic mass is 16.5. The predicted molar refractivity (Wildman–Crippen MR) is 73.1 cm³/mol. The van der Waals surface area contributed by atoms with Crippen molar-refractivity contribution in [2.75, 3.05) is 19.0 Å². The van der Waals surface area contributed by atoms with Gasteiger partial charge in [0.2, 0.25) is 0 Å². The molecule has 0 saturated carbocycles. The van der Waals surface area contributed by atoms with Crippen LogP contribution in [0.15, 0.2) is 36.9 Å². The summed E-state index contributed by atoms with van der Waals surface area (Å²) in [6.45, 7) is 4.02. The zero-order valence-electron chi connectivity index (χ0n) is 10.9. The lowest BCUT2D eigenvalue weighted by Gasteiger charge is -2.11. The van der Waals surface area contributed by atoms with E-state index >= 15 is 0 Å². The van der Waals surface area contributed by atoms with Gasteiger partial charge in [0.25, 0.3) is 0 Å². The first-order valence-electron chi connectivity index (χ1n) is 6.14. The minimum absolute atomic E-state index is 0.900. The van der Waals surface area contributed by atoms with Crippen molar-refractivity contribution in [3.8, 4) is 5.75 Å². The summed E-state index contributed by atoms with van der Waals surface area (Å²) in [5, 5.41) is 3.44. The van der Waals surface area contributed by atoms with E-state index in [-0.39, 0.29) is 0 Å². The Morgan fingerprint density at radius 3 is 2.94 bits per heavy atom. The van der Waals surface area contributed by atoms with Gasteiger partial charge in [-0.2, -0.15) is 0 Å². The molecule has 18 heavy (non-hydrogen) atoms. The van der Waals surface area contributed by atoms with Gasteiger partial charge >= 0.3 is 0 Å². The number of nitrogens with one attached hydrogen (secondary N) is 1. The lowest BCUT2D eigenvalue weighted by Crippen LogP contribution is -2.06. The van der Waals surface area contributed by atoms with E-state index in [4.69, 9.17) is 4.74 Å². The zero-order chi connectivity index (χ0) is 12.8. The Morgan fingerprint density at radius 2 is 2.28 bits per heavy atom. The quantitative estimate of drug-likeness (QED) is 0.795. The van der Waals surface area contributed by atoms with Crippen molar-refractivity contribution in [3.05, 3.63) is 42.5 Å². The highest BCUT2D eigenvalue weighted by Gasteiger charge is 1.99. The molecule has 0 aliphatic carbocycles. The minimum atomic E-state index is 0.900. The predicted octanol–water partition coefficient (Wildman–Crippen LogP) is 2.70. The number of aromatic nitrogens is 2. The Kier molecular flexibility index (Phi) is 4.23. The first-order chi connectivity index (χ1) is 8.79. The molecule has 0 radical (unpaired) electrons. The first kappa shape index (κ1) is 12.5. The first-order valence-corrected chi connectivity index (χ1v) is 6.14. The largest absolute Gasteiger partial charge is 0.497 e. The molecule has 2 aromatic rings. The molecule has 0 saturated heterocycles. The second-order valence-electron chi connectivity index (χ2n) is 4.26. The molecule has 4 heteroatoms. The highest BCUT2D eigenvalue weighted by Crippen LogP contribution is 2.20. The van der Waals surface area contributed by atoms with Crippen LogP contribution in [-0.4, -0.2) is 23.2 Å². The number of benzene rings is 1. The molecule has 0 amide bonds. The molecule has 0 bridgehead atoms. The molecule has 0 aliphatic rings. The van der Waals surface area contributed by atoms with Gasteiger partial charge in [-0.05, 0) is 37.1 Å². The van der Waals surface area contributed by atoms with E-state index in [1.54, 1.807) is 13.3 Å². The maximum absolute atomic E-state index is 5.19. The molecule has 0 fully saturated rings. The molecule has 1 aromatic carbocycles. The highest BCUT2D eigenvalue weighted by molar-refractivity contribution is 5.53. The summed E-state index contributed by atoms with van der Waals surface area (Å²) >= 11 is 0. The Labute approximate surface area is 108 Å². The second kappa shape index (κ2) is 6.10. The standard InChI is InChI=1S/C14H19N3O/c1-12-10-13(18-2)4-5-14(12)16-6-3-8-17-9-7-15-11-17/h4-5,7,9-11,16H,3,6,8H2,1-2H3. The number of imidazole rings is 1. The molecule has 0 aliphatic heterocycles. The van der Waals surface area contributed by atoms with Crippen LogP contribution in [0.25, 0.3) is 0 Å². The minimum Gasteiger partial charge on any atom is -0.497 e. The van der Waals surface area contributed by atoms with Crippen molar-refractivity contribution in [1.82, 2.24) is 9.55 Å². The fraction of sp³-hybridized carbons (Fsp3) is 0.357. The molecule has 0 spiro atoms. The van der Waals surface area contributed by atoms with Crippen LogP contribution >= 0.6 is 0 Å². The van der Waals surface area contributed by atoms with Crippen LogP contribution in [0.1, 0.15) is 12.0 Å². The fourth-order valence-corrected chi connectivity index (χ4v) is 1.87. The van der Waals surface area contributed by atoms with Crippen LogP contribution in [0.3, 0.4) is 0 Å². The molecule has 2 rings (SSSR count). The summed E-state index contributed by atoms with van der Waals surface area (Å²) in [4.78, 5) is 4.02. The van der Waals surface area contributed by atoms with E-state index in [9.17, 15) is 0 Å². The van der Waals surface area contributed by atoms with E-state index < -0.39 is 0 Å². The monoisotopic (exact) mass is 245 g/mol. The summed E-state index contributed by atoms with van der Waals surface area (Å²) in [6.07, 6.45) is 6.71. The van der Waals surface area contributed by atoms with Crippen molar-refractivity contribution in [3.63, 3.8) is 0 Å². The molecular formula is C14H19N3O. The summed E-state index contributed by atoms with van der Waals surface area (Å²) in [5.41, 5.74) is 2.37. The van der Waals surface area contributed by atoms with Crippen LogP contribution in [0.2, 0.25) is 0 Å². The summed E-state index contributed by atoms with van der Waals surface area (Å²) in [6, 6.07) is 6.08. The molecule has 96 valence electrons. The summed E-state index contributed by atoms with van der Waals surface area (Å²) in [5.74, 6) is 0.900. The van der Waals surface area contributed by atoms with E-state index in [2.05, 4.69) is 27.9 Å². The molecular weight excluding hydrogens is 226 g/mol. The van der Waals surface area contributed by atoms with Crippen LogP contribution in [-0.2, 0) is 6.54 Å². The third-order valence-corrected chi connectivity index (χ3v) is 2.90. The van der Waals surface area contributed by atoms with Gasteiger partial charge in [-0.25, -0.2) is 4.98 Å². The molecule has 0 unspecified atom stereocenters. The summed E-state index contributed by atoms with van der Waals surface area (Å²) in [7, 11) is 1.69. The lowest BCUT2D eigenvalue weighted by atomic mass is 10.2. The average molecular weight is 245 g/mol. The Hall–Kier alpha value is -1.97. The maximum Gasteiger partial charge on any atom is 0.119 e. The topological polar surface area (TPSA) is 39.1 Å². The number of anilines is 1. The molecule has 0 atom stereocenters. The molecule has 1 heterocycles. The number of rotatable bonds is 6. The van der Waals surface area contributed by atoms with Crippen molar-refractivity contribution in [2.24, 2.45) is 0 Å². The molecule has 4 nitrogen and oxygen atoms in total. The zero-order valence-corrected chi connectivity index (χ0v) is 10.9. The Balaban J connectivity index is 1.79. The van der Waals surface area contributed by atoms with E-state index in [1.165, 1.54) is 11.3 Å². The number of ether oxygens (including phenoxy) is 1. The second-order valence-corrected chi connectivity index (χ2v) is 4.26. The summed E-state index contributed by atoms with van der Waals surface area (Å²) < 4.78 is 7.27.